The molecule has 2 aliphatic rings. The quantitative estimate of drug-likeness (QED) is 0.728. The minimum Gasteiger partial charge on any atom is -0.341 e. The van der Waals surface area contributed by atoms with Crippen molar-refractivity contribution in [2.45, 2.75) is 39.2 Å². The molecule has 170 valence electrons. The number of aryl methyl sites for hydroxylation is 1. The van der Waals surface area contributed by atoms with Gasteiger partial charge in [-0.3, -0.25) is 19.3 Å². The molecule has 32 heavy (non-hydrogen) atoms. The van der Waals surface area contributed by atoms with Crippen molar-refractivity contribution in [1.82, 2.24) is 24.5 Å². The first-order valence-electron chi connectivity index (χ1n) is 11.4. The molecule has 2 fully saturated rings. The number of carbonyl (C=O) groups is 2. The lowest BCUT2D eigenvalue weighted by Crippen LogP contribution is -2.56. The first-order chi connectivity index (χ1) is 15.5. The number of likely N-dealkylation sites (tertiary alicyclic amines) is 1. The Morgan fingerprint density at radius 3 is 2.22 bits per heavy atom. The summed E-state index contributed by atoms with van der Waals surface area (Å²) in [5, 5.41) is 4.40. The Balaban J connectivity index is 1.43. The minimum absolute atomic E-state index is 0.0645. The van der Waals surface area contributed by atoms with Crippen LogP contribution in [0.5, 0.6) is 0 Å². The van der Waals surface area contributed by atoms with Crippen molar-refractivity contribution < 1.29 is 9.59 Å². The van der Waals surface area contributed by atoms with Gasteiger partial charge in [0.25, 0.3) is 5.91 Å². The first kappa shape index (κ1) is 22.2. The second-order valence-electron chi connectivity index (χ2n) is 8.64. The molecular weight excluding hydrogens is 406 g/mol. The number of para-hydroxylation sites is 1. The molecule has 0 saturated carbocycles. The van der Waals surface area contributed by atoms with Gasteiger partial charge >= 0.3 is 0 Å². The first-order valence-corrected chi connectivity index (χ1v) is 11.4. The van der Waals surface area contributed by atoms with Gasteiger partial charge in [-0.25, -0.2) is 4.68 Å². The smallest absolute Gasteiger partial charge is 0.278 e. The van der Waals surface area contributed by atoms with Gasteiger partial charge < -0.3 is 9.80 Å². The van der Waals surface area contributed by atoms with Crippen molar-refractivity contribution in [3.05, 3.63) is 58.0 Å². The van der Waals surface area contributed by atoms with E-state index >= 15 is 0 Å². The Labute approximate surface area is 188 Å². The average Bonchev–Trinajstić information content (AvgIpc) is 2.84. The highest BCUT2D eigenvalue weighted by molar-refractivity contribution is 5.92. The van der Waals surface area contributed by atoms with E-state index in [4.69, 9.17) is 0 Å². The van der Waals surface area contributed by atoms with E-state index in [0.717, 1.165) is 31.6 Å². The van der Waals surface area contributed by atoms with Crippen molar-refractivity contribution in [3.63, 3.8) is 0 Å². The zero-order valence-corrected chi connectivity index (χ0v) is 18.9. The van der Waals surface area contributed by atoms with E-state index in [1.54, 1.807) is 16.5 Å². The number of piperidine rings is 1. The lowest BCUT2D eigenvalue weighted by molar-refractivity contribution is -0.137. The van der Waals surface area contributed by atoms with E-state index in [-0.39, 0.29) is 29.0 Å². The number of nitrogens with zero attached hydrogens (tertiary/aromatic N) is 5. The maximum absolute atomic E-state index is 13.1. The standard InChI is InChI=1S/C24H31N5O3/c1-18-17-21(30)22(25-29(18)20-9-5-3-6-10-20)24(32)28-15-13-26(14-16-28)19(2)23(31)27-11-7-4-8-12-27/h3,5-6,9-10,17,19H,4,7-8,11-16H2,1-2H3. The molecule has 1 atom stereocenters. The third-order valence-electron chi connectivity index (χ3n) is 6.49. The lowest BCUT2D eigenvalue weighted by atomic mass is 10.1. The van der Waals surface area contributed by atoms with Crippen molar-refractivity contribution in [2.24, 2.45) is 0 Å². The van der Waals surface area contributed by atoms with E-state index < -0.39 is 0 Å². The van der Waals surface area contributed by atoms with Gasteiger partial charge in [-0.2, -0.15) is 5.10 Å². The molecule has 4 rings (SSSR count). The van der Waals surface area contributed by atoms with E-state index in [9.17, 15) is 14.4 Å². The van der Waals surface area contributed by atoms with E-state index in [1.807, 2.05) is 42.2 Å². The number of amides is 2. The van der Waals surface area contributed by atoms with Crippen LogP contribution in [0.2, 0.25) is 0 Å². The number of piperazine rings is 1. The molecular formula is C24H31N5O3. The van der Waals surface area contributed by atoms with Crippen molar-refractivity contribution in [3.8, 4) is 5.69 Å². The number of carbonyl (C=O) groups excluding carboxylic acids is 2. The summed E-state index contributed by atoms with van der Waals surface area (Å²) in [5.41, 5.74) is 1.04. The highest BCUT2D eigenvalue weighted by Gasteiger charge is 2.31. The molecule has 1 aromatic carbocycles. The third kappa shape index (κ3) is 4.60. The predicted molar refractivity (Wildman–Crippen MR) is 122 cm³/mol. The molecule has 0 bridgehead atoms. The van der Waals surface area contributed by atoms with Crippen LogP contribution >= 0.6 is 0 Å². The van der Waals surface area contributed by atoms with Gasteiger partial charge in [-0.15, -0.1) is 0 Å². The minimum atomic E-state index is -0.365. The summed E-state index contributed by atoms with van der Waals surface area (Å²) >= 11 is 0. The fourth-order valence-electron chi connectivity index (χ4n) is 4.52. The van der Waals surface area contributed by atoms with Crippen molar-refractivity contribution >= 4 is 11.8 Å². The summed E-state index contributed by atoms with van der Waals surface area (Å²) in [6.45, 7) is 7.58. The van der Waals surface area contributed by atoms with Crippen LogP contribution in [-0.2, 0) is 4.79 Å². The average molecular weight is 438 g/mol. The van der Waals surface area contributed by atoms with Crippen LogP contribution in [0.4, 0.5) is 0 Å². The summed E-state index contributed by atoms with van der Waals surface area (Å²) in [6, 6.07) is 10.7. The van der Waals surface area contributed by atoms with Crippen LogP contribution < -0.4 is 5.43 Å². The van der Waals surface area contributed by atoms with Crippen LogP contribution in [0.1, 0.15) is 42.4 Å². The maximum Gasteiger partial charge on any atom is 0.278 e. The molecule has 8 heteroatoms. The SMILES string of the molecule is Cc1cc(=O)c(C(=O)N2CCN(C(C)C(=O)N3CCCCC3)CC2)nn1-c1ccccc1. The van der Waals surface area contributed by atoms with Crippen LogP contribution in [0, 0.1) is 6.92 Å². The van der Waals surface area contributed by atoms with Crippen molar-refractivity contribution in [1.29, 1.82) is 0 Å². The molecule has 8 nitrogen and oxygen atoms in total. The molecule has 0 radical (unpaired) electrons. The molecule has 0 aliphatic carbocycles. The Morgan fingerprint density at radius 1 is 0.906 bits per heavy atom. The normalized spacial score (nSPS) is 18.4. The van der Waals surface area contributed by atoms with Crippen molar-refractivity contribution in [2.75, 3.05) is 39.3 Å². The topological polar surface area (TPSA) is 78.8 Å². The Hall–Kier alpha value is -3.00. The van der Waals surface area contributed by atoms with Crippen LogP contribution in [-0.4, -0.2) is 81.6 Å². The fourth-order valence-corrected chi connectivity index (χ4v) is 4.52. The number of rotatable bonds is 4. The lowest BCUT2D eigenvalue weighted by Gasteiger charge is -2.39. The molecule has 2 amide bonds. The largest absolute Gasteiger partial charge is 0.341 e. The number of hydrogen-bond acceptors (Lipinski definition) is 5. The summed E-state index contributed by atoms with van der Waals surface area (Å²) < 4.78 is 1.63. The monoisotopic (exact) mass is 437 g/mol. The van der Waals surface area contributed by atoms with E-state index in [1.165, 1.54) is 12.5 Å². The number of aromatic nitrogens is 2. The van der Waals surface area contributed by atoms with Gasteiger partial charge in [0.15, 0.2) is 5.69 Å². The zero-order valence-electron chi connectivity index (χ0n) is 18.9. The Morgan fingerprint density at radius 2 is 1.56 bits per heavy atom. The van der Waals surface area contributed by atoms with Crippen LogP contribution in [0.3, 0.4) is 0 Å². The highest BCUT2D eigenvalue weighted by atomic mass is 16.2. The second-order valence-corrected chi connectivity index (χ2v) is 8.64. The fraction of sp³-hybridized carbons (Fsp3) is 0.500. The summed E-state index contributed by atoms with van der Waals surface area (Å²) in [7, 11) is 0. The number of hydrogen-bond donors (Lipinski definition) is 0. The van der Waals surface area contributed by atoms with Gasteiger partial charge in [-0.1, -0.05) is 18.2 Å². The van der Waals surface area contributed by atoms with E-state index in [0.29, 0.717) is 31.9 Å². The van der Waals surface area contributed by atoms with Gasteiger partial charge in [-0.05, 0) is 45.2 Å². The molecule has 2 aromatic rings. The predicted octanol–water partition coefficient (Wildman–Crippen LogP) is 1.70. The Kier molecular flexibility index (Phi) is 6.69. The Bertz CT molecular complexity index is 1020. The molecule has 2 aliphatic heterocycles. The van der Waals surface area contributed by atoms with Gasteiger partial charge in [0.2, 0.25) is 11.3 Å². The van der Waals surface area contributed by atoms with Gasteiger partial charge in [0.1, 0.15) is 0 Å². The molecule has 2 saturated heterocycles. The zero-order chi connectivity index (χ0) is 22.7. The van der Waals surface area contributed by atoms with Crippen LogP contribution in [0.25, 0.3) is 5.69 Å². The molecule has 0 N–H and O–H groups in total. The van der Waals surface area contributed by atoms with E-state index in [2.05, 4.69) is 10.00 Å². The molecule has 3 heterocycles. The maximum atomic E-state index is 13.1. The summed E-state index contributed by atoms with van der Waals surface area (Å²) in [6.07, 6.45) is 3.34. The molecule has 0 spiro atoms. The second kappa shape index (κ2) is 9.65. The molecule has 1 aromatic heterocycles. The highest BCUT2D eigenvalue weighted by Crippen LogP contribution is 2.15. The van der Waals surface area contributed by atoms with Crippen LogP contribution in [0.15, 0.2) is 41.2 Å². The summed E-state index contributed by atoms with van der Waals surface area (Å²) in [5.74, 6) is -0.176. The van der Waals surface area contributed by atoms with Gasteiger partial charge in [0.05, 0.1) is 11.7 Å². The summed E-state index contributed by atoms with van der Waals surface area (Å²) in [4.78, 5) is 44.3. The third-order valence-corrected chi connectivity index (χ3v) is 6.49. The molecule has 1 unspecified atom stereocenters. The van der Waals surface area contributed by atoms with Gasteiger partial charge in [0, 0.05) is 51.0 Å². The number of benzene rings is 1.